The Bertz CT molecular complexity index is 969. The van der Waals surface area contributed by atoms with E-state index >= 15 is 0 Å². The van der Waals surface area contributed by atoms with Gasteiger partial charge >= 0.3 is 12.6 Å². The molecule has 0 atom stereocenters. The highest BCUT2D eigenvalue weighted by molar-refractivity contribution is 7.93. The van der Waals surface area contributed by atoms with Gasteiger partial charge in [0.2, 0.25) is 10.0 Å². The minimum absolute atomic E-state index is 0.0704. The fourth-order valence-electron chi connectivity index (χ4n) is 4.63. The van der Waals surface area contributed by atoms with E-state index in [0.29, 0.717) is 36.4 Å². The number of nitrogens with zero attached hydrogens (tertiary/aromatic N) is 2. The monoisotopic (exact) mass is 469 g/mol. The number of sulfonamides is 1. The molecule has 0 radical (unpaired) electrons. The van der Waals surface area contributed by atoms with E-state index in [0.717, 1.165) is 31.2 Å². The van der Waals surface area contributed by atoms with Crippen LogP contribution in [0.25, 0.3) is 6.08 Å². The third-order valence-electron chi connectivity index (χ3n) is 6.43. The number of hydrogen-bond donors (Lipinski definition) is 1. The van der Waals surface area contributed by atoms with Crippen LogP contribution in [0.2, 0.25) is 0 Å². The summed E-state index contributed by atoms with van der Waals surface area (Å²) in [4.78, 5) is 14.5. The number of benzene rings is 1. The van der Waals surface area contributed by atoms with Crippen molar-refractivity contribution in [3.05, 3.63) is 34.2 Å². The number of hydrogen-bond acceptors (Lipinski definition) is 4. The quantitative estimate of drug-likeness (QED) is 0.715. The van der Waals surface area contributed by atoms with Crippen LogP contribution < -0.4 is 10.1 Å². The van der Waals surface area contributed by atoms with Crippen LogP contribution in [0.15, 0.2) is 23.1 Å². The van der Waals surface area contributed by atoms with E-state index in [2.05, 4.69) is 10.1 Å². The van der Waals surface area contributed by atoms with Gasteiger partial charge < -0.3 is 15.0 Å². The molecule has 32 heavy (non-hydrogen) atoms. The van der Waals surface area contributed by atoms with Crippen molar-refractivity contribution in [2.45, 2.75) is 57.6 Å². The third-order valence-corrected chi connectivity index (χ3v) is 8.46. The van der Waals surface area contributed by atoms with Crippen LogP contribution in [0, 0.1) is 0 Å². The Hall–Kier alpha value is -2.20. The van der Waals surface area contributed by atoms with Gasteiger partial charge in [0.15, 0.2) is 0 Å². The van der Waals surface area contributed by atoms with Crippen LogP contribution >= 0.6 is 0 Å². The lowest BCUT2D eigenvalue weighted by Gasteiger charge is -2.36. The third kappa shape index (κ3) is 5.23. The number of rotatable bonds is 5. The molecule has 7 nitrogen and oxygen atoms in total. The van der Waals surface area contributed by atoms with Crippen molar-refractivity contribution < 1.29 is 26.7 Å². The first-order chi connectivity index (χ1) is 15.3. The number of halogens is 2. The molecule has 0 aromatic heterocycles. The second-order valence-corrected chi connectivity index (χ2v) is 10.5. The zero-order valence-corrected chi connectivity index (χ0v) is 18.8. The summed E-state index contributed by atoms with van der Waals surface area (Å²) in [6.45, 7) is -1.67. The summed E-state index contributed by atoms with van der Waals surface area (Å²) in [5.74, 6) is 0.0704. The smallest absolute Gasteiger partial charge is 0.387 e. The van der Waals surface area contributed by atoms with Crippen molar-refractivity contribution in [2.24, 2.45) is 0 Å². The van der Waals surface area contributed by atoms with E-state index in [1.165, 1.54) is 22.9 Å². The van der Waals surface area contributed by atoms with Crippen molar-refractivity contribution in [3.8, 4) is 5.75 Å². The van der Waals surface area contributed by atoms with Gasteiger partial charge in [-0.1, -0.05) is 25.3 Å². The van der Waals surface area contributed by atoms with Crippen molar-refractivity contribution in [1.82, 2.24) is 14.5 Å². The zero-order chi connectivity index (χ0) is 22.7. The Morgan fingerprint density at radius 1 is 1.06 bits per heavy atom. The summed E-state index contributed by atoms with van der Waals surface area (Å²) < 4.78 is 57.1. The summed E-state index contributed by atoms with van der Waals surface area (Å²) in [6, 6.07) is 4.67. The lowest BCUT2D eigenvalue weighted by molar-refractivity contribution is -0.0498. The van der Waals surface area contributed by atoms with Gasteiger partial charge in [0.1, 0.15) is 5.75 Å². The highest BCUT2D eigenvalue weighted by Gasteiger charge is 2.33. The molecule has 2 amide bonds. The number of urea groups is 1. The van der Waals surface area contributed by atoms with Crippen LogP contribution in [0.4, 0.5) is 13.6 Å². The molecule has 10 heteroatoms. The molecular weight excluding hydrogens is 440 g/mol. The number of alkyl halides is 2. The molecule has 1 saturated carbocycles. The number of carbonyl (C=O) groups excluding carboxylic acids is 1. The van der Waals surface area contributed by atoms with E-state index in [1.54, 1.807) is 17.0 Å². The first kappa shape index (κ1) is 23.0. The fourth-order valence-corrected chi connectivity index (χ4v) is 6.24. The molecule has 176 valence electrons. The molecular formula is C22H29F2N3O4S. The Kier molecular flexibility index (Phi) is 6.99. The molecule has 1 aromatic rings. The van der Waals surface area contributed by atoms with Crippen LogP contribution in [0.1, 0.15) is 49.7 Å². The van der Waals surface area contributed by atoms with E-state index < -0.39 is 16.6 Å². The molecule has 0 bridgehead atoms. The normalized spacial score (nSPS) is 20.6. The summed E-state index contributed by atoms with van der Waals surface area (Å²) in [5.41, 5.74) is 1.48. The SMILES string of the molecule is O=C(NC1CCCCC1)N1CCN(S(=O)(=O)C2=Cc3ccc(OC(F)F)cc3CC2)CC1. The van der Waals surface area contributed by atoms with Crippen molar-refractivity contribution >= 4 is 22.1 Å². The molecule has 3 aliphatic rings. The van der Waals surface area contributed by atoms with Gasteiger partial charge in [0.25, 0.3) is 0 Å². The molecule has 1 aromatic carbocycles. The molecule has 1 N–H and O–H groups in total. The largest absolute Gasteiger partial charge is 0.435 e. The van der Waals surface area contributed by atoms with E-state index in [-0.39, 0.29) is 30.9 Å². The number of aryl methyl sites for hydroxylation is 1. The number of piperazine rings is 1. The maximum absolute atomic E-state index is 13.2. The maximum Gasteiger partial charge on any atom is 0.387 e. The first-order valence-corrected chi connectivity index (χ1v) is 12.6. The Balaban J connectivity index is 1.37. The van der Waals surface area contributed by atoms with Gasteiger partial charge in [0, 0.05) is 32.2 Å². The molecule has 2 aliphatic carbocycles. The second kappa shape index (κ2) is 9.74. The van der Waals surface area contributed by atoms with Crippen LogP contribution in [0.5, 0.6) is 5.75 Å². The fraction of sp³-hybridized carbons (Fsp3) is 0.591. The minimum Gasteiger partial charge on any atom is -0.435 e. The summed E-state index contributed by atoms with van der Waals surface area (Å²) in [6.07, 6.45) is 7.85. The van der Waals surface area contributed by atoms with Crippen molar-refractivity contribution in [3.63, 3.8) is 0 Å². The highest BCUT2D eigenvalue weighted by Crippen LogP contribution is 2.32. The van der Waals surface area contributed by atoms with Crippen molar-refractivity contribution in [2.75, 3.05) is 26.2 Å². The predicted molar refractivity (Wildman–Crippen MR) is 117 cm³/mol. The van der Waals surface area contributed by atoms with Crippen LogP contribution in [0.3, 0.4) is 0 Å². The number of ether oxygens (including phenoxy) is 1. The molecule has 2 fully saturated rings. The number of amides is 2. The summed E-state index contributed by atoms with van der Waals surface area (Å²) >= 11 is 0. The molecule has 1 saturated heterocycles. The van der Waals surface area contributed by atoms with Crippen LogP contribution in [-0.2, 0) is 16.4 Å². The highest BCUT2D eigenvalue weighted by atomic mass is 32.2. The molecule has 4 rings (SSSR count). The zero-order valence-electron chi connectivity index (χ0n) is 17.9. The number of nitrogens with one attached hydrogen (secondary N) is 1. The van der Waals surface area contributed by atoms with Gasteiger partial charge in [0.05, 0.1) is 4.91 Å². The van der Waals surface area contributed by atoms with Gasteiger partial charge in [-0.3, -0.25) is 0 Å². The van der Waals surface area contributed by atoms with Gasteiger partial charge in [-0.05, 0) is 55.0 Å². The van der Waals surface area contributed by atoms with E-state index in [1.807, 2.05) is 0 Å². The average molecular weight is 470 g/mol. The van der Waals surface area contributed by atoms with Gasteiger partial charge in [-0.2, -0.15) is 13.1 Å². The average Bonchev–Trinajstić information content (AvgIpc) is 2.79. The molecule has 0 spiro atoms. The summed E-state index contributed by atoms with van der Waals surface area (Å²) in [7, 11) is -3.65. The van der Waals surface area contributed by atoms with E-state index in [4.69, 9.17) is 0 Å². The predicted octanol–water partition coefficient (Wildman–Crippen LogP) is 3.56. The summed E-state index contributed by atoms with van der Waals surface area (Å²) in [5, 5.41) is 3.08. The van der Waals surface area contributed by atoms with Crippen molar-refractivity contribution in [1.29, 1.82) is 0 Å². The maximum atomic E-state index is 13.2. The number of carbonyl (C=O) groups is 1. The first-order valence-electron chi connectivity index (χ1n) is 11.2. The van der Waals surface area contributed by atoms with E-state index in [9.17, 15) is 22.0 Å². The Morgan fingerprint density at radius 2 is 1.78 bits per heavy atom. The minimum atomic E-state index is -3.65. The van der Waals surface area contributed by atoms with Crippen LogP contribution in [-0.4, -0.2) is 62.5 Å². The molecule has 1 heterocycles. The molecule has 0 unspecified atom stereocenters. The number of fused-ring (bicyclic) bond motifs is 1. The standard InChI is InChI=1S/C22H29F2N3O4S/c23-21(24)31-19-8-6-17-15-20(9-7-16(17)14-19)32(29,30)27-12-10-26(11-13-27)22(28)25-18-4-2-1-3-5-18/h6,8,14-15,18,21H,1-5,7,9-13H2,(H,25,28). The number of allylic oxidation sites excluding steroid dienone is 1. The second-order valence-electron chi connectivity index (χ2n) is 8.53. The van der Waals surface area contributed by atoms with Gasteiger partial charge in [-0.15, -0.1) is 0 Å². The molecule has 1 aliphatic heterocycles. The Morgan fingerprint density at radius 3 is 2.47 bits per heavy atom. The van der Waals surface area contributed by atoms with Gasteiger partial charge in [-0.25, -0.2) is 13.2 Å². The lowest BCUT2D eigenvalue weighted by Crippen LogP contribution is -2.54. The lowest BCUT2D eigenvalue weighted by atomic mass is 9.96. The Labute approximate surface area is 187 Å². The topological polar surface area (TPSA) is 79.0 Å².